The number of ether oxygens (including phenoxy) is 2. The lowest BCUT2D eigenvalue weighted by molar-refractivity contribution is 0.350. The van der Waals surface area contributed by atoms with E-state index < -0.39 is 0 Å². The van der Waals surface area contributed by atoms with Crippen LogP contribution in [0, 0.1) is 6.92 Å². The lowest BCUT2D eigenvalue weighted by Crippen LogP contribution is -2.06. The van der Waals surface area contributed by atoms with Crippen LogP contribution in [-0.2, 0) is 6.54 Å². The van der Waals surface area contributed by atoms with Crippen LogP contribution in [0.15, 0.2) is 33.3 Å². The van der Waals surface area contributed by atoms with Crippen LogP contribution in [0.5, 0.6) is 11.5 Å². The van der Waals surface area contributed by atoms with E-state index in [1.54, 1.807) is 26.5 Å². The molecule has 0 fully saturated rings. The first-order valence-electron chi connectivity index (χ1n) is 6.32. The number of nitrogens with one attached hydrogen (secondary N) is 1. The normalized spacial score (nSPS) is 10.3. The van der Waals surface area contributed by atoms with Crippen molar-refractivity contribution in [2.45, 2.75) is 13.5 Å². The molecule has 1 heterocycles. The Labute approximate surface area is 141 Å². The van der Waals surface area contributed by atoms with Crippen LogP contribution in [0.1, 0.15) is 11.3 Å². The molecule has 21 heavy (non-hydrogen) atoms. The lowest BCUT2D eigenvalue weighted by Gasteiger charge is -2.14. The van der Waals surface area contributed by atoms with E-state index in [4.69, 9.17) is 9.47 Å². The van der Waals surface area contributed by atoms with Gasteiger partial charge >= 0.3 is 0 Å². The van der Waals surface area contributed by atoms with Crippen molar-refractivity contribution in [2.75, 3.05) is 19.5 Å². The Hall–Kier alpha value is -1.27. The summed E-state index contributed by atoms with van der Waals surface area (Å²) in [6, 6.07) is 5.90. The second kappa shape index (κ2) is 7.13. The summed E-state index contributed by atoms with van der Waals surface area (Å²) < 4.78 is 12.7. The fraction of sp³-hybridized carbons (Fsp3) is 0.267. The van der Waals surface area contributed by atoms with Crippen molar-refractivity contribution in [3.05, 3.63) is 44.6 Å². The Balaban J connectivity index is 2.25. The molecule has 0 amide bonds. The number of halogens is 2. The van der Waals surface area contributed by atoms with E-state index in [-0.39, 0.29) is 0 Å². The molecular weight excluding hydrogens is 400 g/mol. The van der Waals surface area contributed by atoms with Gasteiger partial charge in [-0.3, -0.25) is 4.98 Å². The highest BCUT2D eigenvalue weighted by atomic mass is 79.9. The molecule has 0 radical (unpaired) electrons. The molecule has 1 aromatic heterocycles. The molecular formula is C15H16Br2N2O2. The molecule has 112 valence electrons. The Morgan fingerprint density at radius 3 is 2.38 bits per heavy atom. The maximum Gasteiger partial charge on any atom is 0.184 e. The number of benzene rings is 1. The maximum atomic E-state index is 5.38. The summed E-state index contributed by atoms with van der Waals surface area (Å²) in [4.78, 5) is 4.35. The van der Waals surface area contributed by atoms with E-state index in [0.29, 0.717) is 18.0 Å². The van der Waals surface area contributed by atoms with Crippen molar-refractivity contribution in [3.8, 4) is 11.5 Å². The van der Waals surface area contributed by atoms with Gasteiger partial charge < -0.3 is 14.8 Å². The molecule has 0 aliphatic heterocycles. The number of pyridine rings is 1. The quantitative estimate of drug-likeness (QED) is 0.778. The second-order valence-corrected chi connectivity index (χ2v) is 6.16. The average Bonchev–Trinajstić information content (AvgIpc) is 2.45. The molecule has 6 heteroatoms. The molecule has 4 nitrogen and oxygen atoms in total. The van der Waals surface area contributed by atoms with Crippen LogP contribution in [0.25, 0.3) is 0 Å². The Morgan fingerprint density at radius 2 is 1.81 bits per heavy atom. The molecule has 0 saturated carbocycles. The van der Waals surface area contributed by atoms with E-state index in [9.17, 15) is 0 Å². The number of anilines is 1. The average molecular weight is 416 g/mol. The molecule has 2 aromatic rings. The smallest absolute Gasteiger partial charge is 0.184 e. The number of hydrogen-bond donors (Lipinski definition) is 1. The SMILES string of the molecule is COc1ccnc(CNc2c(Br)cc(C)cc2Br)c1OC. The predicted molar refractivity (Wildman–Crippen MR) is 91.2 cm³/mol. The van der Waals surface area contributed by atoms with Gasteiger partial charge in [-0.25, -0.2) is 0 Å². The summed E-state index contributed by atoms with van der Waals surface area (Å²) in [6.45, 7) is 2.58. The van der Waals surface area contributed by atoms with Gasteiger partial charge in [-0.15, -0.1) is 0 Å². The third-order valence-electron chi connectivity index (χ3n) is 2.99. The van der Waals surface area contributed by atoms with Gasteiger partial charge in [0.2, 0.25) is 0 Å². The number of methoxy groups -OCH3 is 2. The molecule has 0 atom stereocenters. The van der Waals surface area contributed by atoms with Crippen LogP contribution < -0.4 is 14.8 Å². The predicted octanol–water partition coefficient (Wildman–Crippen LogP) is 4.54. The first-order valence-corrected chi connectivity index (χ1v) is 7.90. The van der Waals surface area contributed by atoms with E-state index >= 15 is 0 Å². The van der Waals surface area contributed by atoms with Crippen molar-refractivity contribution >= 4 is 37.5 Å². The second-order valence-electron chi connectivity index (χ2n) is 4.45. The van der Waals surface area contributed by atoms with Gasteiger partial charge in [-0.05, 0) is 56.5 Å². The Kier molecular flexibility index (Phi) is 5.47. The minimum Gasteiger partial charge on any atom is -0.493 e. The van der Waals surface area contributed by atoms with Gasteiger partial charge in [0, 0.05) is 21.2 Å². The van der Waals surface area contributed by atoms with Gasteiger partial charge in [0.05, 0.1) is 26.5 Å². The van der Waals surface area contributed by atoms with E-state index in [0.717, 1.165) is 20.3 Å². The zero-order valence-electron chi connectivity index (χ0n) is 12.0. The van der Waals surface area contributed by atoms with Crippen LogP contribution in [0.4, 0.5) is 5.69 Å². The van der Waals surface area contributed by atoms with Crippen molar-refractivity contribution in [3.63, 3.8) is 0 Å². The van der Waals surface area contributed by atoms with Gasteiger partial charge in [0.1, 0.15) is 5.69 Å². The maximum absolute atomic E-state index is 5.38. The summed E-state index contributed by atoms with van der Waals surface area (Å²) in [5.74, 6) is 1.32. The lowest BCUT2D eigenvalue weighted by atomic mass is 10.2. The minimum absolute atomic E-state index is 0.528. The van der Waals surface area contributed by atoms with Crippen molar-refractivity contribution in [1.29, 1.82) is 0 Å². The number of rotatable bonds is 5. The van der Waals surface area contributed by atoms with Gasteiger partial charge in [0.15, 0.2) is 11.5 Å². The van der Waals surface area contributed by atoms with Crippen LogP contribution in [0.2, 0.25) is 0 Å². The van der Waals surface area contributed by atoms with Gasteiger partial charge in [-0.1, -0.05) is 0 Å². The fourth-order valence-corrected chi connectivity index (χ4v) is 3.71. The zero-order chi connectivity index (χ0) is 15.4. The van der Waals surface area contributed by atoms with E-state index in [2.05, 4.69) is 54.3 Å². The first-order chi connectivity index (χ1) is 10.1. The number of aromatic nitrogens is 1. The molecule has 0 saturated heterocycles. The summed E-state index contributed by atoms with van der Waals surface area (Å²) >= 11 is 7.13. The Bertz CT molecular complexity index is 625. The van der Waals surface area contributed by atoms with Gasteiger partial charge in [-0.2, -0.15) is 0 Å². The van der Waals surface area contributed by atoms with E-state index in [1.807, 2.05) is 6.92 Å². The highest BCUT2D eigenvalue weighted by Crippen LogP contribution is 2.34. The summed E-state index contributed by atoms with van der Waals surface area (Å²) in [6.07, 6.45) is 1.71. The molecule has 0 aliphatic rings. The van der Waals surface area contributed by atoms with E-state index in [1.165, 1.54) is 5.56 Å². The third-order valence-corrected chi connectivity index (χ3v) is 4.24. The monoisotopic (exact) mass is 414 g/mol. The topological polar surface area (TPSA) is 43.4 Å². The third kappa shape index (κ3) is 3.68. The molecule has 0 bridgehead atoms. The highest BCUT2D eigenvalue weighted by Gasteiger charge is 2.12. The van der Waals surface area contributed by atoms with Crippen molar-refractivity contribution in [1.82, 2.24) is 4.98 Å². The molecule has 1 aromatic carbocycles. The molecule has 0 unspecified atom stereocenters. The van der Waals surface area contributed by atoms with Crippen LogP contribution >= 0.6 is 31.9 Å². The number of aryl methyl sites for hydroxylation is 1. The number of hydrogen-bond acceptors (Lipinski definition) is 4. The highest BCUT2D eigenvalue weighted by molar-refractivity contribution is 9.11. The molecule has 0 spiro atoms. The minimum atomic E-state index is 0.528. The standard InChI is InChI=1S/C15H16Br2N2O2/c1-9-6-10(16)14(11(17)7-9)19-8-12-15(21-3)13(20-2)4-5-18-12/h4-7,19H,8H2,1-3H3. The van der Waals surface area contributed by atoms with Crippen molar-refractivity contribution < 1.29 is 9.47 Å². The van der Waals surface area contributed by atoms with Crippen molar-refractivity contribution in [2.24, 2.45) is 0 Å². The summed E-state index contributed by atoms with van der Waals surface area (Å²) in [5, 5.41) is 3.36. The molecule has 2 rings (SSSR count). The Morgan fingerprint density at radius 1 is 1.14 bits per heavy atom. The fourth-order valence-electron chi connectivity index (χ4n) is 2.02. The zero-order valence-corrected chi connectivity index (χ0v) is 15.2. The molecule has 1 N–H and O–H groups in total. The van der Waals surface area contributed by atoms with Crippen LogP contribution in [-0.4, -0.2) is 19.2 Å². The first kappa shape index (κ1) is 16.1. The van der Waals surface area contributed by atoms with Crippen LogP contribution in [0.3, 0.4) is 0 Å². The van der Waals surface area contributed by atoms with Gasteiger partial charge in [0.25, 0.3) is 0 Å². The number of nitrogens with zero attached hydrogens (tertiary/aromatic N) is 1. The largest absolute Gasteiger partial charge is 0.493 e. The summed E-state index contributed by atoms with van der Waals surface area (Å²) in [7, 11) is 3.23. The molecule has 0 aliphatic carbocycles. The summed E-state index contributed by atoms with van der Waals surface area (Å²) in [5.41, 5.74) is 2.94.